The van der Waals surface area contributed by atoms with Crippen LogP contribution in [0.25, 0.3) is 0 Å². The van der Waals surface area contributed by atoms with Crippen molar-refractivity contribution in [3.8, 4) is 0 Å². The predicted molar refractivity (Wildman–Crippen MR) is 88.9 cm³/mol. The summed E-state index contributed by atoms with van der Waals surface area (Å²) in [4.78, 5) is 15.2. The van der Waals surface area contributed by atoms with Crippen molar-refractivity contribution in [2.45, 2.75) is 16.3 Å². The molecular formula is C17H19FN2O2S. The Hall–Kier alpha value is -2.05. The molecule has 2 aromatic carbocycles. The van der Waals surface area contributed by atoms with Crippen molar-refractivity contribution in [3.05, 3.63) is 59.9 Å². The molecule has 0 radical (unpaired) electrons. The van der Waals surface area contributed by atoms with Crippen LogP contribution in [0, 0.1) is 5.82 Å². The first-order valence-corrected chi connectivity index (χ1v) is 8.02. The van der Waals surface area contributed by atoms with Crippen LogP contribution in [0.4, 0.5) is 9.18 Å². The Morgan fingerprint density at radius 3 is 2.26 bits per heavy atom. The zero-order valence-corrected chi connectivity index (χ0v) is 13.6. The molecule has 0 saturated carbocycles. The number of halogens is 1. The third-order valence-electron chi connectivity index (χ3n) is 3.20. The van der Waals surface area contributed by atoms with E-state index in [4.69, 9.17) is 5.11 Å². The minimum absolute atomic E-state index is 0.0563. The van der Waals surface area contributed by atoms with Crippen molar-refractivity contribution >= 4 is 17.8 Å². The number of urea groups is 1. The van der Waals surface area contributed by atoms with Crippen molar-refractivity contribution in [2.75, 3.05) is 20.2 Å². The molecule has 0 aliphatic carbocycles. The van der Waals surface area contributed by atoms with Crippen LogP contribution in [0.2, 0.25) is 0 Å². The molecule has 0 unspecified atom stereocenters. The highest BCUT2D eigenvalue weighted by Gasteiger charge is 2.06. The molecule has 0 bridgehead atoms. The fraction of sp³-hybridized carbons (Fsp3) is 0.235. The van der Waals surface area contributed by atoms with Gasteiger partial charge < -0.3 is 15.3 Å². The van der Waals surface area contributed by atoms with E-state index in [0.717, 1.165) is 15.4 Å². The molecule has 2 amide bonds. The van der Waals surface area contributed by atoms with Crippen molar-refractivity contribution < 1.29 is 14.3 Å². The number of benzene rings is 2. The standard InChI is InChI=1S/C17H19FN2O2S/c1-20(10-11-21)17(22)19-12-13-2-6-15(7-3-13)23-16-8-4-14(18)5-9-16/h2-9,21H,10-12H2,1H3,(H,19,22). The van der Waals surface area contributed by atoms with E-state index in [1.54, 1.807) is 30.9 Å². The van der Waals surface area contributed by atoms with Gasteiger partial charge in [-0.3, -0.25) is 0 Å². The SMILES string of the molecule is CN(CCO)C(=O)NCc1ccc(Sc2ccc(F)cc2)cc1. The molecule has 0 aliphatic rings. The molecule has 23 heavy (non-hydrogen) atoms. The molecule has 0 atom stereocenters. The Labute approximate surface area is 139 Å². The second kappa shape index (κ2) is 8.55. The van der Waals surface area contributed by atoms with Crippen molar-refractivity contribution in [2.24, 2.45) is 0 Å². The van der Waals surface area contributed by atoms with Gasteiger partial charge in [0, 0.05) is 29.9 Å². The first-order chi connectivity index (χ1) is 11.1. The Morgan fingerprint density at radius 2 is 1.70 bits per heavy atom. The molecule has 0 aromatic heterocycles. The number of rotatable bonds is 6. The van der Waals surface area contributed by atoms with Gasteiger partial charge in [-0.1, -0.05) is 23.9 Å². The third kappa shape index (κ3) is 5.58. The maximum Gasteiger partial charge on any atom is 0.317 e. The summed E-state index contributed by atoms with van der Waals surface area (Å²) >= 11 is 1.55. The number of nitrogens with one attached hydrogen (secondary N) is 1. The maximum absolute atomic E-state index is 12.9. The van der Waals surface area contributed by atoms with Crippen LogP contribution < -0.4 is 5.32 Å². The number of nitrogens with zero attached hydrogens (tertiary/aromatic N) is 1. The second-order valence-corrected chi connectivity index (χ2v) is 6.15. The Bertz CT molecular complexity index is 632. The number of aliphatic hydroxyl groups is 1. The van der Waals surface area contributed by atoms with Gasteiger partial charge in [-0.2, -0.15) is 0 Å². The number of hydrogen-bond donors (Lipinski definition) is 2. The van der Waals surface area contributed by atoms with Crippen LogP contribution in [0.1, 0.15) is 5.56 Å². The molecule has 0 aliphatic heterocycles. The lowest BCUT2D eigenvalue weighted by Gasteiger charge is -2.16. The van der Waals surface area contributed by atoms with Gasteiger partial charge in [0.05, 0.1) is 6.61 Å². The van der Waals surface area contributed by atoms with Gasteiger partial charge in [-0.15, -0.1) is 0 Å². The zero-order valence-electron chi connectivity index (χ0n) is 12.8. The van der Waals surface area contributed by atoms with E-state index >= 15 is 0 Å². The number of likely N-dealkylation sites (N-methyl/N-ethyl adjacent to an activating group) is 1. The summed E-state index contributed by atoms with van der Waals surface area (Å²) in [5.74, 6) is -0.244. The molecule has 2 aromatic rings. The number of hydrogen-bond acceptors (Lipinski definition) is 3. The molecule has 0 spiro atoms. The molecule has 0 heterocycles. The van der Waals surface area contributed by atoms with Crippen molar-refractivity contribution in [1.82, 2.24) is 10.2 Å². The average molecular weight is 334 g/mol. The van der Waals surface area contributed by atoms with Crippen LogP contribution >= 0.6 is 11.8 Å². The van der Waals surface area contributed by atoms with Crippen LogP contribution in [0.5, 0.6) is 0 Å². The molecule has 2 rings (SSSR count). The van der Waals surface area contributed by atoms with Crippen LogP contribution in [0.15, 0.2) is 58.3 Å². The summed E-state index contributed by atoms with van der Waals surface area (Å²) in [5.41, 5.74) is 0.985. The zero-order chi connectivity index (χ0) is 16.7. The summed E-state index contributed by atoms with van der Waals surface area (Å²) in [6.07, 6.45) is 0. The van der Waals surface area contributed by atoms with Crippen molar-refractivity contribution in [3.63, 3.8) is 0 Å². The molecule has 0 saturated heterocycles. The van der Waals surface area contributed by atoms with Gasteiger partial charge in [0.15, 0.2) is 0 Å². The average Bonchev–Trinajstić information content (AvgIpc) is 2.56. The van der Waals surface area contributed by atoms with E-state index < -0.39 is 0 Å². The number of carbonyl (C=O) groups is 1. The van der Waals surface area contributed by atoms with Crippen LogP contribution in [0.3, 0.4) is 0 Å². The summed E-state index contributed by atoms with van der Waals surface area (Å²) < 4.78 is 12.9. The Morgan fingerprint density at radius 1 is 1.13 bits per heavy atom. The summed E-state index contributed by atoms with van der Waals surface area (Å²) in [6, 6.07) is 14.0. The summed E-state index contributed by atoms with van der Waals surface area (Å²) in [6.45, 7) is 0.675. The Kier molecular flexibility index (Phi) is 6.43. The van der Waals surface area contributed by atoms with Crippen molar-refractivity contribution in [1.29, 1.82) is 0 Å². The van der Waals surface area contributed by atoms with Gasteiger partial charge in [-0.25, -0.2) is 9.18 Å². The van der Waals surface area contributed by atoms with Crippen LogP contribution in [-0.2, 0) is 6.54 Å². The molecule has 0 fully saturated rings. The molecule has 2 N–H and O–H groups in total. The van der Waals surface area contributed by atoms with E-state index in [2.05, 4.69) is 5.32 Å². The highest BCUT2D eigenvalue weighted by molar-refractivity contribution is 7.99. The highest BCUT2D eigenvalue weighted by Crippen LogP contribution is 2.27. The summed E-state index contributed by atoms with van der Waals surface area (Å²) in [5, 5.41) is 11.6. The van der Waals surface area contributed by atoms with E-state index in [9.17, 15) is 9.18 Å². The van der Waals surface area contributed by atoms with Gasteiger partial charge in [0.1, 0.15) is 5.82 Å². The van der Waals surface area contributed by atoms with E-state index in [0.29, 0.717) is 13.1 Å². The quantitative estimate of drug-likeness (QED) is 0.853. The van der Waals surface area contributed by atoms with Gasteiger partial charge in [0.25, 0.3) is 0 Å². The largest absolute Gasteiger partial charge is 0.395 e. The number of carbonyl (C=O) groups excluding carboxylic acids is 1. The topological polar surface area (TPSA) is 52.6 Å². The maximum atomic E-state index is 12.9. The van der Waals surface area contributed by atoms with Gasteiger partial charge in [-0.05, 0) is 42.0 Å². The van der Waals surface area contributed by atoms with E-state index in [1.807, 2.05) is 24.3 Å². The lowest BCUT2D eigenvalue weighted by Crippen LogP contribution is -2.38. The number of amides is 2. The first kappa shape index (κ1) is 17.3. The normalized spacial score (nSPS) is 10.4. The minimum atomic E-state index is -0.244. The third-order valence-corrected chi connectivity index (χ3v) is 4.21. The van der Waals surface area contributed by atoms with Crippen LogP contribution in [-0.4, -0.2) is 36.2 Å². The van der Waals surface area contributed by atoms with E-state index in [1.165, 1.54) is 17.0 Å². The Balaban J connectivity index is 1.87. The smallest absolute Gasteiger partial charge is 0.317 e. The van der Waals surface area contributed by atoms with Gasteiger partial charge >= 0.3 is 6.03 Å². The second-order valence-electron chi connectivity index (χ2n) is 5.00. The molecular weight excluding hydrogens is 315 g/mol. The van der Waals surface area contributed by atoms with E-state index in [-0.39, 0.29) is 18.5 Å². The fourth-order valence-corrected chi connectivity index (χ4v) is 2.69. The molecule has 122 valence electrons. The predicted octanol–water partition coefficient (Wildman–Crippen LogP) is 3.11. The number of aliphatic hydroxyl groups excluding tert-OH is 1. The first-order valence-electron chi connectivity index (χ1n) is 7.20. The molecule has 6 heteroatoms. The molecule has 4 nitrogen and oxygen atoms in total. The lowest BCUT2D eigenvalue weighted by molar-refractivity contribution is 0.190. The highest BCUT2D eigenvalue weighted by atomic mass is 32.2. The monoisotopic (exact) mass is 334 g/mol. The fourth-order valence-electron chi connectivity index (χ4n) is 1.88. The summed E-state index contributed by atoms with van der Waals surface area (Å²) in [7, 11) is 1.63. The van der Waals surface area contributed by atoms with Gasteiger partial charge in [0.2, 0.25) is 0 Å². The lowest BCUT2D eigenvalue weighted by atomic mass is 10.2. The minimum Gasteiger partial charge on any atom is -0.395 e.